The second kappa shape index (κ2) is 10.6. The van der Waals surface area contributed by atoms with Gasteiger partial charge in [-0.2, -0.15) is 11.8 Å². The van der Waals surface area contributed by atoms with E-state index in [0.717, 1.165) is 24.8 Å². The summed E-state index contributed by atoms with van der Waals surface area (Å²) < 4.78 is 0. The summed E-state index contributed by atoms with van der Waals surface area (Å²) in [7, 11) is 1.82. The second-order valence-electron chi connectivity index (χ2n) is 7.08. The quantitative estimate of drug-likeness (QED) is 0.295. The van der Waals surface area contributed by atoms with Crippen LogP contribution in [-0.2, 0) is 4.79 Å². The smallest absolute Gasteiger partial charge is 0.225 e. The Morgan fingerprint density at radius 1 is 1.30 bits per heavy atom. The lowest BCUT2D eigenvalue weighted by molar-refractivity contribution is -0.128. The van der Waals surface area contributed by atoms with Gasteiger partial charge in [0.2, 0.25) is 5.91 Å². The molecule has 0 aromatic rings. The molecule has 0 bridgehead atoms. The first kappa shape index (κ1) is 22.8. The molecule has 0 radical (unpaired) electrons. The molecule has 1 heterocycles. The summed E-state index contributed by atoms with van der Waals surface area (Å²) in [5.41, 5.74) is -0.337. The Bertz CT molecular complexity index is 396. The SMILES string of the molecule is CN=C(NCCNC(=O)C(C)(C)C)N1CCSC(C(C)C)C1.I. The molecule has 1 aliphatic rings. The summed E-state index contributed by atoms with van der Waals surface area (Å²) in [6.07, 6.45) is 0. The molecule has 1 unspecified atom stereocenters. The predicted molar refractivity (Wildman–Crippen MR) is 112 cm³/mol. The summed E-state index contributed by atoms with van der Waals surface area (Å²) in [4.78, 5) is 18.5. The number of aliphatic imine (C=N–C) groups is 1. The Morgan fingerprint density at radius 3 is 2.43 bits per heavy atom. The normalized spacial score (nSPS) is 19.3. The van der Waals surface area contributed by atoms with Crippen LogP contribution in [0.25, 0.3) is 0 Å². The maximum absolute atomic E-state index is 11.8. The van der Waals surface area contributed by atoms with Crippen LogP contribution in [0.5, 0.6) is 0 Å². The van der Waals surface area contributed by atoms with Gasteiger partial charge < -0.3 is 15.5 Å². The first-order chi connectivity index (χ1) is 10.3. The van der Waals surface area contributed by atoms with E-state index in [2.05, 4.69) is 46.1 Å². The molecule has 0 spiro atoms. The van der Waals surface area contributed by atoms with Gasteiger partial charge in [0.25, 0.3) is 0 Å². The molecule has 1 saturated heterocycles. The van der Waals surface area contributed by atoms with Crippen molar-refractivity contribution in [3.63, 3.8) is 0 Å². The van der Waals surface area contributed by atoms with Crippen molar-refractivity contribution in [3.05, 3.63) is 0 Å². The lowest BCUT2D eigenvalue weighted by Gasteiger charge is -2.36. The van der Waals surface area contributed by atoms with Crippen LogP contribution in [0.3, 0.4) is 0 Å². The largest absolute Gasteiger partial charge is 0.354 e. The number of hydrogen-bond acceptors (Lipinski definition) is 3. The molecule has 0 aromatic heterocycles. The summed E-state index contributed by atoms with van der Waals surface area (Å²) in [6, 6.07) is 0. The number of rotatable bonds is 4. The number of carbonyl (C=O) groups excluding carboxylic acids is 1. The van der Waals surface area contributed by atoms with Crippen molar-refractivity contribution >= 4 is 47.6 Å². The van der Waals surface area contributed by atoms with E-state index < -0.39 is 0 Å². The third-order valence-electron chi connectivity index (χ3n) is 3.72. The second-order valence-corrected chi connectivity index (χ2v) is 8.43. The Kier molecular flexibility index (Phi) is 10.6. The molecule has 0 saturated carbocycles. The molecular weight excluding hydrogens is 423 g/mol. The summed E-state index contributed by atoms with van der Waals surface area (Å²) in [5, 5.41) is 6.97. The maximum atomic E-state index is 11.8. The highest BCUT2D eigenvalue weighted by Gasteiger charge is 2.25. The fourth-order valence-corrected chi connectivity index (χ4v) is 3.52. The van der Waals surface area contributed by atoms with Crippen molar-refractivity contribution in [2.45, 2.75) is 39.9 Å². The van der Waals surface area contributed by atoms with Crippen molar-refractivity contribution in [1.82, 2.24) is 15.5 Å². The third kappa shape index (κ3) is 7.96. The highest BCUT2D eigenvalue weighted by Crippen LogP contribution is 2.24. The van der Waals surface area contributed by atoms with Gasteiger partial charge in [0.1, 0.15) is 0 Å². The molecule has 136 valence electrons. The molecule has 0 aliphatic carbocycles. The van der Waals surface area contributed by atoms with Crippen LogP contribution >= 0.6 is 35.7 Å². The van der Waals surface area contributed by atoms with Gasteiger partial charge in [0.15, 0.2) is 5.96 Å². The fraction of sp³-hybridized carbons (Fsp3) is 0.875. The molecule has 1 fully saturated rings. The van der Waals surface area contributed by atoms with Gasteiger partial charge in [-0.1, -0.05) is 34.6 Å². The van der Waals surface area contributed by atoms with Gasteiger partial charge in [0, 0.05) is 49.6 Å². The van der Waals surface area contributed by atoms with Crippen LogP contribution in [0.4, 0.5) is 0 Å². The third-order valence-corrected chi connectivity index (χ3v) is 5.26. The van der Waals surface area contributed by atoms with E-state index in [1.807, 2.05) is 27.8 Å². The Hall–Kier alpha value is -0.180. The number of amides is 1. The van der Waals surface area contributed by atoms with Crippen molar-refractivity contribution in [1.29, 1.82) is 0 Å². The number of guanidine groups is 1. The molecule has 5 nitrogen and oxygen atoms in total. The molecule has 23 heavy (non-hydrogen) atoms. The lowest BCUT2D eigenvalue weighted by Crippen LogP contribution is -2.50. The van der Waals surface area contributed by atoms with E-state index in [9.17, 15) is 4.79 Å². The number of carbonyl (C=O) groups is 1. The summed E-state index contributed by atoms with van der Waals surface area (Å²) in [5.74, 6) is 2.84. The molecular formula is C16H33IN4OS. The van der Waals surface area contributed by atoms with Crippen LogP contribution in [0.15, 0.2) is 4.99 Å². The van der Waals surface area contributed by atoms with Crippen molar-refractivity contribution in [2.75, 3.05) is 39.0 Å². The first-order valence-electron chi connectivity index (χ1n) is 8.11. The minimum atomic E-state index is -0.337. The van der Waals surface area contributed by atoms with E-state index in [-0.39, 0.29) is 35.3 Å². The zero-order valence-electron chi connectivity index (χ0n) is 15.3. The molecule has 1 atom stereocenters. The highest BCUT2D eigenvalue weighted by atomic mass is 127. The van der Waals surface area contributed by atoms with Crippen LogP contribution in [0.2, 0.25) is 0 Å². The monoisotopic (exact) mass is 456 g/mol. The minimum absolute atomic E-state index is 0. The predicted octanol–water partition coefficient (Wildman–Crippen LogP) is 2.42. The van der Waals surface area contributed by atoms with Crippen LogP contribution in [0, 0.1) is 11.3 Å². The van der Waals surface area contributed by atoms with Crippen LogP contribution in [0.1, 0.15) is 34.6 Å². The van der Waals surface area contributed by atoms with Gasteiger partial charge in [0.05, 0.1) is 0 Å². The van der Waals surface area contributed by atoms with Crippen LogP contribution < -0.4 is 10.6 Å². The van der Waals surface area contributed by atoms with Gasteiger partial charge >= 0.3 is 0 Å². The maximum Gasteiger partial charge on any atom is 0.225 e. The topological polar surface area (TPSA) is 56.7 Å². The van der Waals surface area contributed by atoms with Crippen molar-refractivity contribution in [2.24, 2.45) is 16.3 Å². The van der Waals surface area contributed by atoms with Gasteiger partial charge in [-0.05, 0) is 5.92 Å². The van der Waals surface area contributed by atoms with E-state index in [4.69, 9.17) is 0 Å². The number of halogens is 1. The zero-order valence-corrected chi connectivity index (χ0v) is 18.5. The lowest BCUT2D eigenvalue weighted by atomic mass is 9.96. The average Bonchev–Trinajstić information content (AvgIpc) is 2.46. The molecule has 0 aromatic carbocycles. The Balaban J connectivity index is 0.00000484. The van der Waals surface area contributed by atoms with Gasteiger partial charge in [-0.25, -0.2) is 0 Å². The van der Waals surface area contributed by atoms with Gasteiger partial charge in [-0.15, -0.1) is 24.0 Å². The Morgan fingerprint density at radius 2 is 1.91 bits per heavy atom. The van der Waals surface area contributed by atoms with E-state index in [1.165, 1.54) is 0 Å². The van der Waals surface area contributed by atoms with Crippen LogP contribution in [-0.4, -0.2) is 61.0 Å². The fourth-order valence-electron chi connectivity index (χ4n) is 2.22. The minimum Gasteiger partial charge on any atom is -0.354 e. The molecule has 1 amide bonds. The summed E-state index contributed by atoms with van der Waals surface area (Å²) >= 11 is 2.06. The highest BCUT2D eigenvalue weighted by molar-refractivity contribution is 14.0. The van der Waals surface area contributed by atoms with Crippen molar-refractivity contribution < 1.29 is 4.79 Å². The average molecular weight is 456 g/mol. The molecule has 2 N–H and O–H groups in total. The number of hydrogen-bond donors (Lipinski definition) is 2. The number of thioether (sulfide) groups is 1. The standard InChI is InChI=1S/C16H32N4OS.HI/c1-12(2)13-11-20(9-10-22-13)15(17-6)19-8-7-18-14(21)16(3,4)5;/h12-13H,7-11H2,1-6H3,(H,17,19)(H,18,21);1H. The number of nitrogens with zero attached hydrogens (tertiary/aromatic N) is 2. The van der Waals surface area contributed by atoms with E-state index >= 15 is 0 Å². The van der Waals surface area contributed by atoms with Gasteiger partial charge in [-0.3, -0.25) is 9.79 Å². The number of nitrogens with one attached hydrogen (secondary N) is 2. The zero-order chi connectivity index (χ0) is 16.8. The van der Waals surface area contributed by atoms with E-state index in [0.29, 0.717) is 24.3 Å². The Labute approximate surface area is 162 Å². The van der Waals surface area contributed by atoms with Crippen molar-refractivity contribution in [3.8, 4) is 0 Å². The molecule has 7 heteroatoms. The molecule has 1 rings (SSSR count). The summed E-state index contributed by atoms with van der Waals surface area (Å²) in [6.45, 7) is 13.7. The van der Waals surface area contributed by atoms with E-state index in [1.54, 1.807) is 0 Å². The first-order valence-corrected chi connectivity index (χ1v) is 9.16. The molecule has 1 aliphatic heterocycles.